The Kier molecular flexibility index (Phi) is 5.57. The van der Waals surface area contributed by atoms with Gasteiger partial charge in [0.15, 0.2) is 0 Å². The number of nitrogens with two attached hydrogens (primary N) is 2. The van der Waals surface area contributed by atoms with Crippen LogP contribution in [0, 0.1) is 11.3 Å². The normalized spacial score (nSPS) is 10.8. The summed E-state index contributed by atoms with van der Waals surface area (Å²) in [7, 11) is 1.65. The summed E-state index contributed by atoms with van der Waals surface area (Å²) in [6.07, 6.45) is 1.66. The second-order valence-electron chi connectivity index (χ2n) is 4.65. The number of phenols is 1. The standard InChI is InChI=1S/C16H17N5OS/c1-20-9-13-14(10-2-4-11(22)5-3-10)12(8-18)15(19)21-16(13)23-7-6-17/h2-5,9,22H,6-7,17H2,1H3,(H2,19,21). The van der Waals surface area contributed by atoms with Crippen molar-refractivity contribution in [2.45, 2.75) is 5.03 Å². The van der Waals surface area contributed by atoms with Crippen LogP contribution in [0.2, 0.25) is 0 Å². The number of thioether (sulfide) groups is 1. The Labute approximate surface area is 138 Å². The molecule has 0 saturated carbocycles. The first-order valence-electron chi connectivity index (χ1n) is 6.90. The van der Waals surface area contributed by atoms with Crippen molar-refractivity contribution >= 4 is 23.8 Å². The monoisotopic (exact) mass is 327 g/mol. The van der Waals surface area contributed by atoms with E-state index in [0.29, 0.717) is 28.5 Å². The van der Waals surface area contributed by atoms with Crippen LogP contribution >= 0.6 is 11.8 Å². The van der Waals surface area contributed by atoms with Gasteiger partial charge in [0.25, 0.3) is 0 Å². The topological polar surface area (TPSA) is 121 Å². The second kappa shape index (κ2) is 7.63. The number of nitrogens with zero attached hydrogens (tertiary/aromatic N) is 3. The Balaban J connectivity index is 2.76. The van der Waals surface area contributed by atoms with Crippen molar-refractivity contribution in [2.75, 3.05) is 25.1 Å². The summed E-state index contributed by atoms with van der Waals surface area (Å²) in [6, 6.07) is 8.70. The van der Waals surface area contributed by atoms with E-state index in [1.165, 1.54) is 11.8 Å². The molecule has 0 atom stereocenters. The number of anilines is 1. The molecule has 118 valence electrons. The minimum atomic E-state index is 0.151. The summed E-state index contributed by atoms with van der Waals surface area (Å²) in [5.74, 6) is 0.999. The molecule has 23 heavy (non-hydrogen) atoms. The third kappa shape index (κ3) is 3.62. The third-order valence-corrected chi connectivity index (χ3v) is 4.13. The van der Waals surface area contributed by atoms with E-state index >= 15 is 0 Å². The van der Waals surface area contributed by atoms with Gasteiger partial charge >= 0.3 is 0 Å². The van der Waals surface area contributed by atoms with Gasteiger partial charge in [0.2, 0.25) is 0 Å². The summed E-state index contributed by atoms with van der Waals surface area (Å²) < 4.78 is 0. The van der Waals surface area contributed by atoms with Crippen LogP contribution in [-0.4, -0.2) is 35.7 Å². The van der Waals surface area contributed by atoms with Crippen LogP contribution in [0.3, 0.4) is 0 Å². The first kappa shape index (κ1) is 16.8. The molecule has 0 unspecified atom stereocenters. The highest BCUT2D eigenvalue weighted by Gasteiger charge is 2.19. The fraction of sp³-hybridized carbons (Fsp3) is 0.188. The molecule has 0 saturated heterocycles. The molecule has 0 aliphatic heterocycles. The molecule has 0 bridgehead atoms. The number of nitrogen functional groups attached to an aromatic ring is 1. The maximum Gasteiger partial charge on any atom is 0.143 e. The number of hydrogen-bond donors (Lipinski definition) is 3. The minimum absolute atomic E-state index is 0.151. The first-order valence-corrected chi connectivity index (χ1v) is 7.89. The number of hydrogen-bond acceptors (Lipinski definition) is 7. The van der Waals surface area contributed by atoms with Gasteiger partial charge in [-0.25, -0.2) is 4.98 Å². The lowest BCUT2D eigenvalue weighted by molar-refractivity contribution is 0.475. The number of aliphatic imine (C=N–C) groups is 1. The van der Waals surface area contributed by atoms with Gasteiger partial charge in [-0.05, 0) is 17.7 Å². The number of pyridine rings is 1. The van der Waals surface area contributed by atoms with Crippen molar-refractivity contribution in [3.05, 3.63) is 35.4 Å². The van der Waals surface area contributed by atoms with Crippen molar-refractivity contribution < 1.29 is 5.11 Å². The fourth-order valence-corrected chi connectivity index (χ4v) is 2.94. The Hall–Kier alpha value is -2.56. The lowest BCUT2D eigenvalue weighted by Gasteiger charge is -2.14. The Morgan fingerprint density at radius 3 is 2.65 bits per heavy atom. The lowest BCUT2D eigenvalue weighted by Crippen LogP contribution is -2.07. The fourth-order valence-electron chi connectivity index (χ4n) is 2.15. The molecule has 5 N–H and O–H groups in total. The van der Waals surface area contributed by atoms with Crippen molar-refractivity contribution in [3.8, 4) is 22.9 Å². The molecule has 0 aliphatic carbocycles. The zero-order valence-corrected chi connectivity index (χ0v) is 13.5. The van der Waals surface area contributed by atoms with Crippen molar-refractivity contribution in [3.63, 3.8) is 0 Å². The summed E-state index contributed by atoms with van der Waals surface area (Å²) in [4.78, 5) is 8.40. The Morgan fingerprint density at radius 2 is 2.09 bits per heavy atom. The summed E-state index contributed by atoms with van der Waals surface area (Å²) >= 11 is 1.47. The molecule has 0 amide bonds. The number of aromatic hydroxyl groups is 1. The molecular formula is C16H17N5OS. The maximum atomic E-state index is 9.48. The van der Waals surface area contributed by atoms with E-state index in [9.17, 15) is 10.4 Å². The molecule has 0 spiro atoms. The number of aromatic nitrogens is 1. The molecule has 1 heterocycles. The quantitative estimate of drug-likeness (QED) is 0.570. The van der Waals surface area contributed by atoms with E-state index in [0.717, 1.165) is 11.1 Å². The van der Waals surface area contributed by atoms with Gasteiger partial charge in [0.05, 0.1) is 0 Å². The zero-order valence-electron chi connectivity index (χ0n) is 12.7. The van der Waals surface area contributed by atoms with Gasteiger partial charge in [-0.1, -0.05) is 12.1 Å². The Bertz CT molecular complexity index is 766. The number of rotatable bonds is 5. The summed E-state index contributed by atoms with van der Waals surface area (Å²) in [5.41, 5.74) is 14.0. The van der Waals surface area contributed by atoms with Crippen molar-refractivity contribution in [2.24, 2.45) is 10.7 Å². The average molecular weight is 327 g/mol. The van der Waals surface area contributed by atoms with Crippen molar-refractivity contribution in [1.29, 1.82) is 5.26 Å². The number of nitriles is 1. The van der Waals surface area contributed by atoms with Crippen LogP contribution in [0.4, 0.5) is 5.82 Å². The summed E-state index contributed by atoms with van der Waals surface area (Å²) in [5, 5.41) is 19.6. The van der Waals surface area contributed by atoms with Gasteiger partial charge in [0, 0.05) is 36.7 Å². The van der Waals surface area contributed by atoms with Crippen LogP contribution in [0.15, 0.2) is 34.3 Å². The number of benzene rings is 1. The predicted molar refractivity (Wildman–Crippen MR) is 93.8 cm³/mol. The maximum absolute atomic E-state index is 9.48. The highest BCUT2D eigenvalue weighted by molar-refractivity contribution is 7.99. The van der Waals surface area contributed by atoms with E-state index in [1.807, 2.05) is 0 Å². The van der Waals surface area contributed by atoms with E-state index < -0.39 is 0 Å². The Morgan fingerprint density at radius 1 is 1.39 bits per heavy atom. The first-order chi connectivity index (χ1) is 11.1. The largest absolute Gasteiger partial charge is 0.508 e. The lowest BCUT2D eigenvalue weighted by atomic mass is 9.96. The van der Waals surface area contributed by atoms with Crippen LogP contribution in [0.25, 0.3) is 11.1 Å². The van der Waals surface area contributed by atoms with Crippen LogP contribution in [0.5, 0.6) is 5.75 Å². The minimum Gasteiger partial charge on any atom is -0.508 e. The molecular weight excluding hydrogens is 310 g/mol. The second-order valence-corrected chi connectivity index (χ2v) is 5.73. The SMILES string of the molecule is CN=Cc1c(SCCN)nc(N)c(C#N)c1-c1ccc(O)cc1. The molecule has 1 aromatic heterocycles. The third-order valence-electron chi connectivity index (χ3n) is 3.11. The highest BCUT2D eigenvalue weighted by Crippen LogP contribution is 2.35. The molecule has 6 nitrogen and oxygen atoms in total. The average Bonchev–Trinajstić information content (AvgIpc) is 2.55. The van der Waals surface area contributed by atoms with Gasteiger partial charge in [-0.2, -0.15) is 5.26 Å². The zero-order chi connectivity index (χ0) is 16.8. The van der Waals surface area contributed by atoms with E-state index in [2.05, 4.69) is 16.0 Å². The molecule has 1 aromatic carbocycles. The van der Waals surface area contributed by atoms with Gasteiger partial charge in [0.1, 0.15) is 28.2 Å². The predicted octanol–water partition coefficient (Wildman–Crippen LogP) is 2.01. The van der Waals surface area contributed by atoms with E-state index in [-0.39, 0.29) is 11.6 Å². The molecule has 0 aliphatic rings. The van der Waals surface area contributed by atoms with Crippen LogP contribution in [-0.2, 0) is 0 Å². The highest BCUT2D eigenvalue weighted by atomic mass is 32.2. The number of phenolic OH excluding ortho intramolecular Hbond substituents is 1. The van der Waals surface area contributed by atoms with E-state index in [1.54, 1.807) is 37.5 Å². The van der Waals surface area contributed by atoms with E-state index in [4.69, 9.17) is 11.5 Å². The van der Waals surface area contributed by atoms with Crippen molar-refractivity contribution in [1.82, 2.24) is 4.98 Å². The van der Waals surface area contributed by atoms with Crippen LogP contribution < -0.4 is 11.5 Å². The molecule has 2 rings (SSSR count). The molecule has 0 radical (unpaired) electrons. The molecule has 2 aromatic rings. The smallest absolute Gasteiger partial charge is 0.143 e. The molecule has 7 heteroatoms. The van der Waals surface area contributed by atoms with Crippen LogP contribution in [0.1, 0.15) is 11.1 Å². The van der Waals surface area contributed by atoms with Gasteiger partial charge in [-0.3, -0.25) is 4.99 Å². The molecule has 0 fully saturated rings. The van der Waals surface area contributed by atoms with Gasteiger partial charge in [-0.15, -0.1) is 11.8 Å². The van der Waals surface area contributed by atoms with Gasteiger partial charge < -0.3 is 16.6 Å². The summed E-state index contributed by atoms with van der Waals surface area (Å²) in [6.45, 7) is 0.503.